The van der Waals surface area contributed by atoms with E-state index in [-0.39, 0.29) is 17.6 Å². The van der Waals surface area contributed by atoms with Crippen LogP contribution in [0.15, 0.2) is 50.8 Å². The second-order valence-corrected chi connectivity index (χ2v) is 9.60. The van der Waals surface area contributed by atoms with Gasteiger partial charge in [-0.25, -0.2) is 4.98 Å². The fourth-order valence-corrected chi connectivity index (χ4v) is 5.20. The molecule has 3 aromatic rings. The highest BCUT2D eigenvalue weighted by Crippen LogP contribution is 2.34. The van der Waals surface area contributed by atoms with Gasteiger partial charge in [-0.2, -0.15) is 0 Å². The van der Waals surface area contributed by atoms with Crippen molar-refractivity contribution in [3.8, 4) is 0 Å². The molecular weight excluding hydrogens is 460 g/mol. The van der Waals surface area contributed by atoms with E-state index in [0.29, 0.717) is 51.7 Å². The molecule has 3 aromatic heterocycles. The molecule has 10 heteroatoms. The Kier molecular flexibility index (Phi) is 6.05. The number of furan rings is 1. The molecule has 0 aliphatic carbocycles. The number of nitrogens with one attached hydrogen (secondary N) is 1. The van der Waals surface area contributed by atoms with Crippen molar-refractivity contribution >= 4 is 51.7 Å². The van der Waals surface area contributed by atoms with Gasteiger partial charge in [-0.3, -0.25) is 18.9 Å². The fraction of sp³-hybridized carbons (Fsp3) is 0.304. The highest BCUT2D eigenvalue weighted by atomic mass is 32.2. The number of carbonyl (C=O) groups is 1. The van der Waals surface area contributed by atoms with Crippen molar-refractivity contribution in [1.82, 2.24) is 14.3 Å². The van der Waals surface area contributed by atoms with Gasteiger partial charge in [0.25, 0.3) is 11.5 Å². The van der Waals surface area contributed by atoms with E-state index in [4.69, 9.17) is 26.4 Å². The van der Waals surface area contributed by atoms with Crippen molar-refractivity contribution < 1.29 is 13.9 Å². The Morgan fingerprint density at radius 2 is 2.21 bits per heavy atom. The number of rotatable bonds is 6. The first-order chi connectivity index (χ1) is 16.0. The summed E-state index contributed by atoms with van der Waals surface area (Å²) in [6.45, 7) is 3.38. The molecule has 0 bridgehead atoms. The standard InChI is InChI=1S/C23H22N4O4S2/c1-14-5-2-8-26-20(14)25-19(24-12-15-6-3-9-30-15)17(21(26)28)11-18-22(29)27(23(32)33-18)13-16-7-4-10-31-16/h2-3,5-6,8-9,11,16,24H,4,7,10,12-13H2,1H3/b18-11+/t16-/m0/s1. The number of amides is 1. The van der Waals surface area contributed by atoms with Crippen LogP contribution in [0.25, 0.3) is 11.7 Å². The number of carbonyl (C=O) groups excluding carboxylic acids is 1. The Labute approximate surface area is 199 Å². The number of nitrogens with zero attached hydrogens (tertiary/aromatic N) is 3. The lowest BCUT2D eigenvalue weighted by atomic mass is 10.2. The summed E-state index contributed by atoms with van der Waals surface area (Å²) in [6, 6.07) is 7.33. The summed E-state index contributed by atoms with van der Waals surface area (Å²) in [5.74, 6) is 0.872. The summed E-state index contributed by atoms with van der Waals surface area (Å²) in [5, 5.41) is 3.20. The molecule has 5 rings (SSSR count). The molecule has 0 spiro atoms. The van der Waals surface area contributed by atoms with Gasteiger partial charge in [-0.1, -0.05) is 30.0 Å². The molecule has 170 valence electrons. The Hall–Kier alpha value is -2.95. The van der Waals surface area contributed by atoms with Crippen LogP contribution in [0.3, 0.4) is 0 Å². The SMILES string of the molecule is Cc1cccn2c(=O)c(/C=C3/SC(=S)N(C[C@@H]4CCCO4)C3=O)c(NCc3ccco3)nc12. The molecule has 1 N–H and O–H groups in total. The number of ether oxygens (including phenoxy) is 1. The molecule has 5 heterocycles. The van der Waals surface area contributed by atoms with Crippen LogP contribution in [-0.2, 0) is 16.1 Å². The lowest BCUT2D eigenvalue weighted by molar-refractivity contribution is -0.123. The lowest BCUT2D eigenvalue weighted by Crippen LogP contribution is -2.35. The Morgan fingerprint density at radius 1 is 1.33 bits per heavy atom. The van der Waals surface area contributed by atoms with Gasteiger partial charge < -0.3 is 14.5 Å². The zero-order chi connectivity index (χ0) is 22.9. The quantitative estimate of drug-likeness (QED) is 0.421. The third-order valence-corrected chi connectivity index (χ3v) is 7.03. The third kappa shape index (κ3) is 4.33. The number of fused-ring (bicyclic) bond motifs is 1. The van der Waals surface area contributed by atoms with Crippen molar-refractivity contribution in [1.29, 1.82) is 0 Å². The summed E-state index contributed by atoms with van der Waals surface area (Å²) in [4.78, 5) is 33.2. The number of aromatic nitrogens is 2. The third-order valence-electron chi connectivity index (χ3n) is 5.65. The maximum Gasteiger partial charge on any atom is 0.267 e. The van der Waals surface area contributed by atoms with Gasteiger partial charge in [-0.05, 0) is 49.6 Å². The van der Waals surface area contributed by atoms with Crippen LogP contribution < -0.4 is 10.9 Å². The average Bonchev–Trinajstić information content (AvgIpc) is 3.55. The molecule has 1 amide bonds. The zero-order valence-corrected chi connectivity index (χ0v) is 19.6. The van der Waals surface area contributed by atoms with Gasteiger partial charge in [0.1, 0.15) is 21.5 Å². The first-order valence-corrected chi connectivity index (χ1v) is 11.9. The molecule has 0 saturated carbocycles. The summed E-state index contributed by atoms with van der Waals surface area (Å²) >= 11 is 6.65. The minimum absolute atomic E-state index is 0.00620. The van der Waals surface area contributed by atoms with Crippen molar-refractivity contribution in [3.63, 3.8) is 0 Å². The molecule has 2 fully saturated rings. The van der Waals surface area contributed by atoms with Crippen molar-refractivity contribution in [2.75, 3.05) is 18.5 Å². The highest BCUT2D eigenvalue weighted by Gasteiger charge is 2.35. The van der Waals surface area contributed by atoms with Crippen LogP contribution >= 0.6 is 24.0 Å². The van der Waals surface area contributed by atoms with E-state index in [1.54, 1.807) is 35.6 Å². The van der Waals surface area contributed by atoms with Gasteiger partial charge in [0.2, 0.25) is 0 Å². The molecule has 2 aliphatic rings. The lowest BCUT2D eigenvalue weighted by Gasteiger charge is -2.18. The van der Waals surface area contributed by atoms with E-state index < -0.39 is 0 Å². The number of pyridine rings is 1. The van der Waals surface area contributed by atoms with Crippen molar-refractivity contribution in [2.45, 2.75) is 32.4 Å². The Balaban J connectivity index is 1.53. The van der Waals surface area contributed by atoms with Gasteiger partial charge in [-0.15, -0.1) is 0 Å². The average molecular weight is 483 g/mol. The van der Waals surface area contributed by atoms with Crippen LogP contribution in [0, 0.1) is 6.92 Å². The van der Waals surface area contributed by atoms with E-state index in [0.717, 1.165) is 18.4 Å². The number of anilines is 1. The van der Waals surface area contributed by atoms with Crippen molar-refractivity contribution in [3.05, 3.63) is 68.9 Å². The van der Waals surface area contributed by atoms with Gasteiger partial charge in [0, 0.05) is 12.8 Å². The minimum Gasteiger partial charge on any atom is -0.467 e. The Morgan fingerprint density at radius 3 is 2.97 bits per heavy atom. The smallest absolute Gasteiger partial charge is 0.267 e. The number of hydrogen-bond donors (Lipinski definition) is 1. The normalized spacial score (nSPS) is 19.8. The molecule has 1 atom stereocenters. The van der Waals surface area contributed by atoms with E-state index in [2.05, 4.69) is 5.32 Å². The molecule has 33 heavy (non-hydrogen) atoms. The van der Waals surface area contributed by atoms with Crippen molar-refractivity contribution in [2.24, 2.45) is 0 Å². The topological polar surface area (TPSA) is 89.1 Å². The van der Waals surface area contributed by atoms with Crippen LogP contribution in [-0.4, -0.2) is 43.8 Å². The van der Waals surface area contributed by atoms with E-state index >= 15 is 0 Å². The monoisotopic (exact) mass is 482 g/mol. The predicted molar refractivity (Wildman–Crippen MR) is 131 cm³/mol. The molecule has 8 nitrogen and oxygen atoms in total. The first-order valence-electron chi connectivity index (χ1n) is 10.7. The van der Waals surface area contributed by atoms with E-state index in [1.807, 2.05) is 19.1 Å². The number of aryl methyl sites for hydroxylation is 1. The second-order valence-electron chi connectivity index (χ2n) is 7.92. The molecule has 2 aliphatic heterocycles. The van der Waals surface area contributed by atoms with E-state index in [1.165, 1.54) is 16.2 Å². The highest BCUT2D eigenvalue weighted by molar-refractivity contribution is 8.26. The number of thiocarbonyl (C=S) groups is 1. The molecule has 0 radical (unpaired) electrons. The van der Waals surface area contributed by atoms with Crippen LogP contribution in [0.5, 0.6) is 0 Å². The summed E-state index contributed by atoms with van der Waals surface area (Å²) in [5.41, 5.74) is 1.44. The first kappa shape index (κ1) is 21.9. The summed E-state index contributed by atoms with van der Waals surface area (Å²) in [7, 11) is 0. The maximum absolute atomic E-state index is 13.4. The minimum atomic E-state index is -0.268. The van der Waals surface area contributed by atoms with Crippen LogP contribution in [0.4, 0.5) is 5.82 Å². The van der Waals surface area contributed by atoms with Gasteiger partial charge >= 0.3 is 0 Å². The molecular formula is C23H22N4O4S2. The number of thioether (sulfide) groups is 1. The number of hydrogen-bond acceptors (Lipinski definition) is 8. The maximum atomic E-state index is 13.4. The largest absolute Gasteiger partial charge is 0.467 e. The Bertz CT molecular complexity index is 1310. The molecule has 2 saturated heterocycles. The molecule has 0 unspecified atom stereocenters. The fourth-order valence-electron chi connectivity index (χ4n) is 3.94. The summed E-state index contributed by atoms with van der Waals surface area (Å²) < 4.78 is 13.0. The second kappa shape index (κ2) is 9.12. The van der Waals surface area contributed by atoms with Crippen LogP contribution in [0.2, 0.25) is 0 Å². The van der Waals surface area contributed by atoms with Gasteiger partial charge in [0.15, 0.2) is 0 Å². The summed E-state index contributed by atoms with van der Waals surface area (Å²) in [6.07, 6.45) is 6.74. The molecule has 0 aromatic carbocycles. The predicted octanol–water partition coefficient (Wildman–Crippen LogP) is 3.59. The zero-order valence-electron chi connectivity index (χ0n) is 17.9. The van der Waals surface area contributed by atoms with Crippen LogP contribution in [0.1, 0.15) is 29.7 Å². The van der Waals surface area contributed by atoms with E-state index in [9.17, 15) is 9.59 Å². The van der Waals surface area contributed by atoms with Gasteiger partial charge in [0.05, 0.1) is 35.9 Å².